The highest BCUT2D eigenvalue weighted by atomic mass is 16.3. The molecule has 102 valence electrons. The van der Waals surface area contributed by atoms with E-state index in [4.69, 9.17) is 4.42 Å². The number of anilines is 2. The Morgan fingerprint density at radius 3 is 2.74 bits per heavy atom. The summed E-state index contributed by atoms with van der Waals surface area (Å²) in [6, 6.07) is 3.97. The van der Waals surface area contributed by atoms with Gasteiger partial charge in [-0.2, -0.15) is 4.98 Å². The zero-order valence-electron chi connectivity index (χ0n) is 11.9. The maximum atomic E-state index is 5.59. The minimum atomic E-state index is 0.658. The standard InChI is InChI=1S/C14H20N4O/c1-5-15-14-16-8-10(2)13(17-14)18(4)9-12-7-6-11(3)19-12/h6-8H,5,9H2,1-4H3,(H,15,16,17). The number of hydrogen-bond acceptors (Lipinski definition) is 5. The second-order valence-electron chi connectivity index (χ2n) is 4.60. The molecule has 2 aromatic rings. The van der Waals surface area contributed by atoms with Gasteiger partial charge in [0.05, 0.1) is 6.54 Å². The first-order valence-corrected chi connectivity index (χ1v) is 6.44. The molecular weight excluding hydrogens is 240 g/mol. The van der Waals surface area contributed by atoms with Crippen molar-refractivity contribution in [3.05, 3.63) is 35.4 Å². The highest BCUT2D eigenvalue weighted by Crippen LogP contribution is 2.19. The van der Waals surface area contributed by atoms with Crippen LogP contribution in [0.3, 0.4) is 0 Å². The molecule has 0 amide bonds. The zero-order chi connectivity index (χ0) is 13.8. The van der Waals surface area contributed by atoms with Crippen LogP contribution >= 0.6 is 0 Å². The minimum absolute atomic E-state index is 0.658. The number of aryl methyl sites for hydroxylation is 2. The first-order chi connectivity index (χ1) is 9.10. The maximum absolute atomic E-state index is 5.59. The number of furan rings is 1. The summed E-state index contributed by atoms with van der Waals surface area (Å²) in [6.07, 6.45) is 1.84. The van der Waals surface area contributed by atoms with Gasteiger partial charge in [0.1, 0.15) is 17.3 Å². The number of rotatable bonds is 5. The lowest BCUT2D eigenvalue weighted by Crippen LogP contribution is -2.19. The summed E-state index contributed by atoms with van der Waals surface area (Å²) < 4.78 is 5.59. The number of aromatic nitrogens is 2. The van der Waals surface area contributed by atoms with Crippen LogP contribution in [0.5, 0.6) is 0 Å². The van der Waals surface area contributed by atoms with E-state index < -0.39 is 0 Å². The highest BCUT2D eigenvalue weighted by molar-refractivity contribution is 5.48. The Hall–Kier alpha value is -2.04. The monoisotopic (exact) mass is 260 g/mol. The van der Waals surface area contributed by atoms with Crippen molar-refractivity contribution in [3.8, 4) is 0 Å². The van der Waals surface area contributed by atoms with E-state index in [2.05, 4.69) is 20.2 Å². The molecule has 0 aliphatic rings. The predicted octanol–water partition coefficient (Wildman–Crippen LogP) is 2.75. The molecule has 5 heteroatoms. The number of nitrogens with zero attached hydrogens (tertiary/aromatic N) is 3. The van der Waals surface area contributed by atoms with Gasteiger partial charge in [0.2, 0.25) is 5.95 Å². The lowest BCUT2D eigenvalue weighted by molar-refractivity contribution is 0.481. The van der Waals surface area contributed by atoms with Gasteiger partial charge in [-0.1, -0.05) is 0 Å². The van der Waals surface area contributed by atoms with Gasteiger partial charge in [0, 0.05) is 25.4 Å². The third-order valence-electron chi connectivity index (χ3n) is 2.83. The quantitative estimate of drug-likeness (QED) is 0.895. The van der Waals surface area contributed by atoms with Crippen LogP contribution in [-0.2, 0) is 6.54 Å². The van der Waals surface area contributed by atoms with Crippen LogP contribution in [0.4, 0.5) is 11.8 Å². The molecule has 0 saturated heterocycles. The van der Waals surface area contributed by atoms with Crippen molar-refractivity contribution < 1.29 is 4.42 Å². The molecule has 0 unspecified atom stereocenters. The molecule has 2 heterocycles. The number of hydrogen-bond donors (Lipinski definition) is 1. The van der Waals surface area contributed by atoms with Crippen LogP contribution in [0.1, 0.15) is 24.0 Å². The summed E-state index contributed by atoms with van der Waals surface area (Å²) in [7, 11) is 2.00. The highest BCUT2D eigenvalue weighted by Gasteiger charge is 2.10. The maximum Gasteiger partial charge on any atom is 0.224 e. The van der Waals surface area contributed by atoms with Crippen molar-refractivity contribution in [1.82, 2.24) is 9.97 Å². The van der Waals surface area contributed by atoms with E-state index >= 15 is 0 Å². The summed E-state index contributed by atoms with van der Waals surface area (Å²) >= 11 is 0. The second-order valence-corrected chi connectivity index (χ2v) is 4.60. The molecule has 19 heavy (non-hydrogen) atoms. The lowest BCUT2D eigenvalue weighted by Gasteiger charge is -2.19. The third kappa shape index (κ3) is 3.24. The first kappa shape index (κ1) is 13.4. The Balaban J connectivity index is 2.17. The van der Waals surface area contributed by atoms with Gasteiger partial charge in [0.25, 0.3) is 0 Å². The second kappa shape index (κ2) is 5.73. The molecule has 0 bridgehead atoms. The van der Waals surface area contributed by atoms with Crippen molar-refractivity contribution in [2.45, 2.75) is 27.3 Å². The zero-order valence-corrected chi connectivity index (χ0v) is 11.9. The molecule has 5 nitrogen and oxygen atoms in total. The van der Waals surface area contributed by atoms with E-state index in [1.165, 1.54) is 0 Å². The predicted molar refractivity (Wildman–Crippen MR) is 76.5 cm³/mol. The van der Waals surface area contributed by atoms with Gasteiger partial charge in [0.15, 0.2) is 0 Å². The van der Waals surface area contributed by atoms with Crippen LogP contribution in [0.15, 0.2) is 22.7 Å². The smallest absolute Gasteiger partial charge is 0.224 e. The van der Waals surface area contributed by atoms with E-state index in [9.17, 15) is 0 Å². The fourth-order valence-electron chi connectivity index (χ4n) is 1.94. The minimum Gasteiger partial charge on any atom is -0.464 e. The Labute approximate surface area is 113 Å². The van der Waals surface area contributed by atoms with E-state index in [0.29, 0.717) is 12.5 Å². The van der Waals surface area contributed by atoms with Crippen LogP contribution in [0.2, 0.25) is 0 Å². The van der Waals surface area contributed by atoms with Crippen molar-refractivity contribution in [1.29, 1.82) is 0 Å². The third-order valence-corrected chi connectivity index (χ3v) is 2.83. The molecule has 0 fully saturated rings. The summed E-state index contributed by atoms with van der Waals surface area (Å²) in [5, 5.41) is 3.13. The van der Waals surface area contributed by atoms with Gasteiger partial charge < -0.3 is 14.6 Å². The van der Waals surface area contributed by atoms with Gasteiger partial charge in [-0.15, -0.1) is 0 Å². The van der Waals surface area contributed by atoms with Crippen LogP contribution < -0.4 is 10.2 Å². The molecule has 0 aliphatic heterocycles. The lowest BCUT2D eigenvalue weighted by atomic mass is 10.3. The fourth-order valence-corrected chi connectivity index (χ4v) is 1.94. The summed E-state index contributed by atoms with van der Waals surface area (Å²) in [5.74, 6) is 3.43. The Kier molecular flexibility index (Phi) is 4.04. The molecule has 0 spiro atoms. The van der Waals surface area contributed by atoms with Gasteiger partial charge >= 0.3 is 0 Å². The summed E-state index contributed by atoms with van der Waals surface area (Å²) in [5.41, 5.74) is 1.05. The Morgan fingerprint density at radius 1 is 1.32 bits per heavy atom. The molecule has 0 aromatic carbocycles. The molecule has 1 N–H and O–H groups in total. The van der Waals surface area contributed by atoms with E-state index in [-0.39, 0.29) is 0 Å². The van der Waals surface area contributed by atoms with Crippen molar-refractivity contribution in [2.24, 2.45) is 0 Å². The van der Waals surface area contributed by atoms with Crippen molar-refractivity contribution in [2.75, 3.05) is 23.8 Å². The molecular formula is C14H20N4O. The average Bonchev–Trinajstić information content (AvgIpc) is 2.77. The van der Waals surface area contributed by atoms with E-state index in [1.54, 1.807) is 0 Å². The van der Waals surface area contributed by atoms with Crippen molar-refractivity contribution >= 4 is 11.8 Å². The summed E-state index contributed by atoms with van der Waals surface area (Å²) in [4.78, 5) is 10.8. The summed E-state index contributed by atoms with van der Waals surface area (Å²) in [6.45, 7) is 7.48. The molecule has 0 atom stereocenters. The van der Waals surface area contributed by atoms with E-state index in [1.807, 2.05) is 46.1 Å². The molecule has 0 saturated carbocycles. The normalized spacial score (nSPS) is 10.5. The van der Waals surface area contributed by atoms with Crippen LogP contribution in [0, 0.1) is 13.8 Å². The molecule has 2 aromatic heterocycles. The van der Waals surface area contributed by atoms with Crippen LogP contribution in [-0.4, -0.2) is 23.6 Å². The van der Waals surface area contributed by atoms with Gasteiger partial charge in [-0.3, -0.25) is 0 Å². The molecule has 0 aliphatic carbocycles. The van der Waals surface area contributed by atoms with E-state index in [0.717, 1.165) is 29.4 Å². The topological polar surface area (TPSA) is 54.2 Å². The Morgan fingerprint density at radius 2 is 2.11 bits per heavy atom. The average molecular weight is 260 g/mol. The van der Waals surface area contributed by atoms with Gasteiger partial charge in [-0.05, 0) is 32.9 Å². The molecule has 2 rings (SSSR count). The Bertz CT molecular complexity index is 550. The largest absolute Gasteiger partial charge is 0.464 e. The van der Waals surface area contributed by atoms with Gasteiger partial charge in [-0.25, -0.2) is 4.98 Å². The first-order valence-electron chi connectivity index (χ1n) is 6.44. The molecule has 0 radical (unpaired) electrons. The number of nitrogens with one attached hydrogen (secondary N) is 1. The van der Waals surface area contributed by atoms with Crippen LogP contribution in [0.25, 0.3) is 0 Å². The SMILES string of the molecule is CCNc1ncc(C)c(N(C)Cc2ccc(C)o2)n1. The van der Waals surface area contributed by atoms with Crippen molar-refractivity contribution in [3.63, 3.8) is 0 Å². The fraction of sp³-hybridized carbons (Fsp3) is 0.429.